The first-order chi connectivity index (χ1) is 15.8. The number of carboxylic acids is 1. The second kappa shape index (κ2) is 9.62. The van der Waals surface area contributed by atoms with Crippen LogP contribution in [-0.2, 0) is 20.8 Å². The average molecular weight is 491 g/mol. The molecule has 8 heteroatoms. The van der Waals surface area contributed by atoms with Crippen molar-refractivity contribution < 1.29 is 31.5 Å². The number of carboxylic acid groups (broad SMARTS) is 1. The Morgan fingerprint density at radius 2 is 1.32 bits per heavy atom. The molecule has 0 heterocycles. The molecule has 0 amide bonds. The van der Waals surface area contributed by atoms with E-state index in [1.807, 2.05) is 13.8 Å². The number of alkyl halides is 3. The van der Waals surface area contributed by atoms with Gasteiger partial charge in [-0.25, -0.2) is 8.42 Å². The number of aliphatic carboxylic acids is 1. The van der Waals surface area contributed by atoms with Gasteiger partial charge in [0.1, 0.15) is 0 Å². The molecule has 1 unspecified atom stereocenters. The van der Waals surface area contributed by atoms with Crippen LogP contribution in [0.4, 0.5) is 13.2 Å². The van der Waals surface area contributed by atoms with Crippen molar-refractivity contribution in [3.8, 4) is 22.3 Å². The summed E-state index contributed by atoms with van der Waals surface area (Å²) >= 11 is 0. The van der Waals surface area contributed by atoms with Crippen LogP contribution in [0.1, 0.15) is 37.3 Å². The molecule has 0 saturated heterocycles. The molecule has 34 heavy (non-hydrogen) atoms. The maximum atomic E-state index is 13.0. The molecule has 3 aromatic rings. The highest BCUT2D eigenvalue weighted by atomic mass is 32.2. The van der Waals surface area contributed by atoms with Crippen molar-refractivity contribution in [2.24, 2.45) is 5.92 Å². The average Bonchev–Trinajstić information content (AvgIpc) is 2.76. The first-order valence-electron chi connectivity index (χ1n) is 10.6. The summed E-state index contributed by atoms with van der Waals surface area (Å²) in [5.41, 5.74) is 2.15. The Labute approximate surface area is 197 Å². The predicted octanol–water partition coefficient (Wildman–Crippen LogP) is 6.66. The van der Waals surface area contributed by atoms with Crippen LogP contribution in [0.15, 0.2) is 71.6 Å². The fourth-order valence-electron chi connectivity index (χ4n) is 3.78. The molecule has 0 saturated carbocycles. The molecule has 0 fully saturated rings. The molecule has 0 spiro atoms. The molecule has 1 N–H and O–H groups in total. The van der Waals surface area contributed by atoms with Gasteiger partial charge in [-0.05, 0) is 70.5 Å². The number of benzene rings is 3. The van der Waals surface area contributed by atoms with Gasteiger partial charge in [-0.1, -0.05) is 50.2 Å². The number of sulfone groups is 1. The lowest BCUT2D eigenvalue weighted by atomic mass is 9.86. The van der Waals surface area contributed by atoms with Gasteiger partial charge < -0.3 is 5.11 Å². The van der Waals surface area contributed by atoms with E-state index in [-0.39, 0.29) is 10.8 Å². The second-order valence-electron chi connectivity index (χ2n) is 8.74. The van der Waals surface area contributed by atoms with Gasteiger partial charge in [-0.3, -0.25) is 4.79 Å². The Hall–Kier alpha value is -3.13. The molecule has 0 aromatic heterocycles. The van der Waals surface area contributed by atoms with E-state index in [4.69, 9.17) is 0 Å². The summed E-state index contributed by atoms with van der Waals surface area (Å²) in [4.78, 5) is 12.2. The molecule has 0 radical (unpaired) electrons. The van der Waals surface area contributed by atoms with Crippen LogP contribution in [-0.4, -0.2) is 25.7 Å². The first kappa shape index (κ1) is 25.5. The minimum Gasteiger partial charge on any atom is -0.481 e. The lowest BCUT2D eigenvalue weighted by Gasteiger charge is -2.18. The summed E-state index contributed by atoms with van der Waals surface area (Å²) in [5.74, 6) is -1.69. The molecule has 0 bridgehead atoms. The largest absolute Gasteiger partial charge is 0.481 e. The van der Waals surface area contributed by atoms with Crippen LogP contribution in [0.25, 0.3) is 22.3 Å². The third-order valence-electron chi connectivity index (χ3n) is 5.52. The summed E-state index contributed by atoms with van der Waals surface area (Å²) in [6.45, 7) is 3.83. The number of carbonyl (C=O) groups is 1. The second-order valence-corrected chi connectivity index (χ2v) is 10.8. The Morgan fingerprint density at radius 3 is 1.71 bits per heavy atom. The van der Waals surface area contributed by atoms with Crippen molar-refractivity contribution in [1.29, 1.82) is 0 Å². The standard InChI is InChI=1S/C26H25F3O4S/c1-16(2)12-24(25(30)31)21-14-19(17-4-8-22(9-5-17)26(27,28)29)13-20(15-21)18-6-10-23(11-7-18)34(3,32)33/h4-11,13-16,24H,12H2,1-3H3,(H,30,31). The van der Waals surface area contributed by atoms with E-state index in [1.54, 1.807) is 30.3 Å². The van der Waals surface area contributed by atoms with E-state index < -0.39 is 33.5 Å². The van der Waals surface area contributed by atoms with E-state index in [2.05, 4.69) is 0 Å². The highest BCUT2D eigenvalue weighted by molar-refractivity contribution is 7.90. The van der Waals surface area contributed by atoms with Gasteiger partial charge in [0, 0.05) is 6.26 Å². The first-order valence-corrected chi connectivity index (χ1v) is 12.5. The number of hydrogen-bond acceptors (Lipinski definition) is 3. The zero-order chi connectivity index (χ0) is 25.3. The molecule has 0 aliphatic heterocycles. The van der Waals surface area contributed by atoms with E-state index in [9.17, 15) is 31.5 Å². The van der Waals surface area contributed by atoms with Crippen LogP contribution >= 0.6 is 0 Å². The Kier molecular flexibility index (Phi) is 7.21. The zero-order valence-electron chi connectivity index (χ0n) is 18.9. The monoisotopic (exact) mass is 490 g/mol. The summed E-state index contributed by atoms with van der Waals surface area (Å²) in [5, 5.41) is 9.86. The van der Waals surface area contributed by atoms with E-state index in [1.165, 1.54) is 24.3 Å². The predicted molar refractivity (Wildman–Crippen MR) is 125 cm³/mol. The van der Waals surface area contributed by atoms with Gasteiger partial charge in [0.25, 0.3) is 0 Å². The molecule has 0 aliphatic rings. The maximum absolute atomic E-state index is 13.0. The van der Waals surface area contributed by atoms with Gasteiger partial charge in [0.2, 0.25) is 0 Å². The minimum atomic E-state index is -4.46. The SMILES string of the molecule is CC(C)CC(C(=O)O)c1cc(-c2ccc(C(F)(F)F)cc2)cc(-c2ccc(S(C)(=O)=O)cc2)c1. The fraction of sp³-hybridized carbons (Fsp3) is 0.269. The highest BCUT2D eigenvalue weighted by Gasteiger charge is 2.30. The molecule has 3 rings (SSSR count). The lowest BCUT2D eigenvalue weighted by molar-refractivity contribution is -0.139. The van der Waals surface area contributed by atoms with Gasteiger partial charge in [0.05, 0.1) is 16.4 Å². The third-order valence-corrected chi connectivity index (χ3v) is 6.65. The third kappa shape index (κ3) is 6.05. The lowest BCUT2D eigenvalue weighted by Crippen LogP contribution is -2.14. The van der Waals surface area contributed by atoms with Crippen LogP contribution in [0.2, 0.25) is 0 Å². The van der Waals surface area contributed by atoms with Crippen LogP contribution in [0.3, 0.4) is 0 Å². The van der Waals surface area contributed by atoms with E-state index in [0.29, 0.717) is 34.2 Å². The summed E-state index contributed by atoms with van der Waals surface area (Å²) < 4.78 is 62.6. The van der Waals surface area contributed by atoms with Crippen molar-refractivity contribution in [3.05, 3.63) is 77.9 Å². The normalized spacial score (nSPS) is 13.1. The molecular weight excluding hydrogens is 465 g/mol. The van der Waals surface area contributed by atoms with E-state index in [0.717, 1.165) is 18.4 Å². The van der Waals surface area contributed by atoms with Gasteiger partial charge >= 0.3 is 12.1 Å². The topological polar surface area (TPSA) is 71.4 Å². The van der Waals surface area contributed by atoms with Crippen molar-refractivity contribution in [2.75, 3.05) is 6.26 Å². The Balaban J connectivity index is 2.16. The van der Waals surface area contributed by atoms with Crippen molar-refractivity contribution in [3.63, 3.8) is 0 Å². The van der Waals surface area contributed by atoms with Crippen LogP contribution < -0.4 is 0 Å². The van der Waals surface area contributed by atoms with Crippen LogP contribution in [0, 0.1) is 5.92 Å². The molecule has 3 aromatic carbocycles. The summed E-state index contributed by atoms with van der Waals surface area (Å²) in [6.07, 6.45) is -2.97. The number of hydrogen-bond donors (Lipinski definition) is 1. The Morgan fingerprint density at radius 1 is 0.853 bits per heavy atom. The van der Waals surface area contributed by atoms with Crippen molar-refractivity contribution >= 4 is 15.8 Å². The fourth-order valence-corrected chi connectivity index (χ4v) is 4.41. The summed E-state index contributed by atoms with van der Waals surface area (Å²) in [7, 11) is -3.39. The van der Waals surface area contributed by atoms with E-state index >= 15 is 0 Å². The highest BCUT2D eigenvalue weighted by Crippen LogP contribution is 2.36. The van der Waals surface area contributed by atoms with Crippen molar-refractivity contribution in [2.45, 2.75) is 37.3 Å². The number of halogens is 3. The molecule has 0 aliphatic carbocycles. The smallest absolute Gasteiger partial charge is 0.416 e. The molecule has 4 nitrogen and oxygen atoms in total. The molecule has 180 valence electrons. The maximum Gasteiger partial charge on any atom is 0.416 e. The minimum absolute atomic E-state index is 0.105. The van der Waals surface area contributed by atoms with Crippen molar-refractivity contribution in [1.82, 2.24) is 0 Å². The zero-order valence-corrected chi connectivity index (χ0v) is 19.7. The molecule has 1 atom stereocenters. The Bertz CT molecular complexity index is 1280. The van der Waals surface area contributed by atoms with Gasteiger partial charge in [-0.2, -0.15) is 13.2 Å². The van der Waals surface area contributed by atoms with Crippen LogP contribution in [0.5, 0.6) is 0 Å². The number of rotatable bonds is 7. The van der Waals surface area contributed by atoms with Gasteiger partial charge in [0.15, 0.2) is 9.84 Å². The van der Waals surface area contributed by atoms with Gasteiger partial charge in [-0.15, -0.1) is 0 Å². The quantitative estimate of drug-likeness (QED) is 0.402. The molecular formula is C26H25F3O4S. The summed E-state index contributed by atoms with van der Waals surface area (Å²) in [6, 6.07) is 16.1.